The molecule has 0 bridgehead atoms. The molecule has 0 aliphatic rings. The molecule has 1 rings (SSSR count). The van der Waals surface area contributed by atoms with Gasteiger partial charge in [-0.1, -0.05) is 15.9 Å². The second-order valence-corrected chi connectivity index (χ2v) is 3.95. The Kier molecular flexibility index (Phi) is 3.37. The molecule has 0 aromatic heterocycles. The van der Waals surface area contributed by atoms with Crippen LogP contribution in [-0.2, 0) is 0 Å². The average molecular weight is 255 g/mol. The van der Waals surface area contributed by atoms with Crippen molar-refractivity contribution in [2.45, 2.75) is 20.0 Å². The number of nitrogens with zero attached hydrogens (tertiary/aromatic N) is 1. The Morgan fingerprint density at radius 3 is 2.71 bits per heavy atom. The first-order valence-electron chi connectivity index (χ1n) is 4.16. The highest BCUT2D eigenvalue weighted by Gasteiger charge is 2.09. The molecule has 1 unspecified atom stereocenters. The van der Waals surface area contributed by atoms with Crippen molar-refractivity contribution in [3.05, 3.63) is 22.2 Å². The molecule has 14 heavy (non-hydrogen) atoms. The topological polar surface area (TPSA) is 59.0 Å². The van der Waals surface area contributed by atoms with Gasteiger partial charge < -0.3 is 10.5 Å². The van der Waals surface area contributed by atoms with Crippen LogP contribution < -0.4 is 10.5 Å². The second kappa shape index (κ2) is 4.34. The second-order valence-electron chi connectivity index (χ2n) is 3.03. The molecule has 2 N–H and O–H groups in total. The van der Waals surface area contributed by atoms with E-state index in [1.165, 1.54) is 0 Å². The summed E-state index contributed by atoms with van der Waals surface area (Å²) in [6.07, 6.45) is -0.489. The van der Waals surface area contributed by atoms with E-state index in [9.17, 15) is 0 Å². The van der Waals surface area contributed by atoms with E-state index in [2.05, 4.69) is 15.9 Å². The number of ether oxygens (including phenoxy) is 1. The van der Waals surface area contributed by atoms with Gasteiger partial charge in [-0.2, -0.15) is 5.26 Å². The van der Waals surface area contributed by atoms with Crippen LogP contribution >= 0.6 is 15.9 Å². The number of nitriles is 1. The molecule has 0 fully saturated rings. The van der Waals surface area contributed by atoms with Gasteiger partial charge >= 0.3 is 0 Å². The lowest BCUT2D eigenvalue weighted by molar-refractivity contribution is 0.276. The Balaban J connectivity index is 3.04. The Bertz CT molecular complexity index is 361. The molecule has 4 heteroatoms. The normalized spacial score (nSPS) is 11.9. The van der Waals surface area contributed by atoms with E-state index < -0.39 is 6.10 Å². The molecule has 0 amide bonds. The summed E-state index contributed by atoms with van der Waals surface area (Å²) in [4.78, 5) is 0. The van der Waals surface area contributed by atoms with Crippen molar-refractivity contribution in [1.82, 2.24) is 0 Å². The lowest BCUT2D eigenvalue weighted by Gasteiger charge is -2.13. The van der Waals surface area contributed by atoms with Gasteiger partial charge in [-0.15, -0.1) is 0 Å². The average Bonchev–Trinajstić information content (AvgIpc) is 2.10. The summed E-state index contributed by atoms with van der Waals surface area (Å²) in [5, 5.41) is 8.61. The molecule has 74 valence electrons. The molecule has 1 aromatic rings. The van der Waals surface area contributed by atoms with E-state index in [1.54, 1.807) is 13.0 Å². The van der Waals surface area contributed by atoms with Gasteiger partial charge in [0.15, 0.2) is 6.10 Å². The lowest BCUT2D eigenvalue weighted by Crippen LogP contribution is -2.10. The summed E-state index contributed by atoms with van der Waals surface area (Å²) in [5.74, 6) is 0.585. The van der Waals surface area contributed by atoms with Crippen molar-refractivity contribution >= 4 is 21.6 Å². The third-order valence-corrected chi connectivity index (χ3v) is 2.20. The molecule has 0 saturated carbocycles. The fourth-order valence-electron chi connectivity index (χ4n) is 1.12. The molecule has 0 radical (unpaired) electrons. The number of nitrogen functional groups attached to an aromatic ring is 1. The van der Waals surface area contributed by atoms with Crippen LogP contribution in [0.1, 0.15) is 12.5 Å². The Morgan fingerprint density at radius 1 is 1.57 bits per heavy atom. The van der Waals surface area contributed by atoms with Crippen LogP contribution in [0.4, 0.5) is 5.69 Å². The first kappa shape index (κ1) is 10.9. The van der Waals surface area contributed by atoms with Crippen LogP contribution in [0.15, 0.2) is 16.6 Å². The van der Waals surface area contributed by atoms with E-state index >= 15 is 0 Å². The first-order chi connectivity index (χ1) is 6.54. The maximum absolute atomic E-state index is 8.61. The minimum atomic E-state index is -0.489. The molecule has 1 atom stereocenters. The number of hydrogen-bond acceptors (Lipinski definition) is 3. The summed E-state index contributed by atoms with van der Waals surface area (Å²) < 4.78 is 6.28. The molecule has 0 saturated heterocycles. The first-order valence-corrected chi connectivity index (χ1v) is 4.95. The summed E-state index contributed by atoms with van der Waals surface area (Å²) in [7, 11) is 0. The highest BCUT2D eigenvalue weighted by molar-refractivity contribution is 9.10. The highest BCUT2D eigenvalue weighted by atomic mass is 79.9. The molecule has 0 aliphatic heterocycles. The van der Waals surface area contributed by atoms with Crippen molar-refractivity contribution in [2.75, 3.05) is 5.73 Å². The molecule has 0 spiro atoms. The number of aryl methyl sites for hydroxylation is 1. The standard InChI is InChI=1S/C10H11BrN2O/c1-6-3-8(11)4-9(13)10(6)14-7(2)5-12/h3-4,7H,13H2,1-2H3. The van der Waals surface area contributed by atoms with Crippen LogP contribution in [-0.4, -0.2) is 6.10 Å². The van der Waals surface area contributed by atoms with Gasteiger partial charge in [-0.05, 0) is 31.5 Å². The van der Waals surface area contributed by atoms with Crippen LogP contribution in [0.25, 0.3) is 0 Å². The summed E-state index contributed by atoms with van der Waals surface area (Å²) in [6.45, 7) is 3.57. The van der Waals surface area contributed by atoms with Gasteiger partial charge in [-0.25, -0.2) is 0 Å². The number of anilines is 1. The molecule has 0 aliphatic carbocycles. The Morgan fingerprint density at radius 2 is 2.21 bits per heavy atom. The van der Waals surface area contributed by atoms with Gasteiger partial charge in [0.05, 0.1) is 5.69 Å². The number of rotatable bonds is 2. The summed E-state index contributed by atoms with van der Waals surface area (Å²) in [5.41, 5.74) is 7.22. The zero-order valence-corrected chi connectivity index (χ0v) is 9.63. The number of nitrogens with two attached hydrogens (primary N) is 1. The molecule has 0 heterocycles. The van der Waals surface area contributed by atoms with Crippen molar-refractivity contribution in [1.29, 1.82) is 5.26 Å². The fourth-order valence-corrected chi connectivity index (χ4v) is 1.71. The molecule has 3 nitrogen and oxygen atoms in total. The lowest BCUT2D eigenvalue weighted by atomic mass is 10.2. The third-order valence-electron chi connectivity index (χ3n) is 1.74. The van der Waals surface area contributed by atoms with Crippen molar-refractivity contribution in [3.63, 3.8) is 0 Å². The predicted molar refractivity (Wildman–Crippen MR) is 59.0 cm³/mol. The van der Waals surface area contributed by atoms with E-state index in [0.717, 1.165) is 10.0 Å². The van der Waals surface area contributed by atoms with Crippen molar-refractivity contribution < 1.29 is 4.74 Å². The molecule has 1 aromatic carbocycles. The maximum atomic E-state index is 8.61. The number of benzene rings is 1. The molecular weight excluding hydrogens is 244 g/mol. The van der Waals surface area contributed by atoms with Gasteiger partial charge in [0.1, 0.15) is 11.8 Å². The largest absolute Gasteiger partial charge is 0.473 e. The SMILES string of the molecule is Cc1cc(Br)cc(N)c1OC(C)C#N. The van der Waals surface area contributed by atoms with Crippen LogP contribution in [0.3, 0.4) is 0 Å². The number of halogens is 1. The highest BCUT2D eigenvalue weighted by Crippen LogP contribution is 2.30. The third kappa shape index (κ3) is 2.39. The minimum absolute atomic E-state index is 0.489. The summed E-state index contributed by atoms with van der Waals surface area (Å²) in [6, 6.07) is 5.65. The van der Waals surface area contributed by atoms with Gasteiger partial charge in [0, 0.05) is 4.47 Å². The Labute approximate surface area is 91.6 Å². The Hall–Kier alpha value is -1.21. The zero-order valence-electron chi connectivity index (χ0n) is 8.04. The smallest absolute Gasteiger partial charge is 0.181 e. The predicted octanol–water partition coefficient (Wildman–Crippen LogP) is 2.63. The van der Waals surface area contributed by atoms with Gasteiger partial charge in [0.25, 0.3) is 0 Å². The summed E-state index contributed by atoms with van der Waals surface area (Å²) >= 11 is 3.33. The van der Waals surface area contributed by atoms with Crippen LogP contribution in [0, 0.1) is 18.3 Å². The van der Waals surface area contributed by atoms with E-state index in [-0.39, 0.29) is 0 Å². The van der Waals surface area contributed by atoms with Crippen LogP contribution in [0.2, 0.25) is 0 Å². The van der Waals surface area contributed by atoms with E-state index in [0.29, 0.717) is 11.4 Å². The van der Waals surface area contributed by atoms with Gasteiger partial charge in [-0.3, -0.25) is 0 Å². The van der Waals surface area contributed by atoms with Crippen molar-refractivity contribution in [2.24, 2.45) is 0 Å². The van der Waals surface area contributed by atoms with Crippen molar-refractivity contribution in [3.8, 4) is 11.8 Å². The molecular formula is C10H11BrN2O. The fraction of sp³-hybridized carbons (Fsp3) is 0.300. The monoisotopic (exact) mass is 254 g/mol. The van der Waals surface area contributed by atoms with Crippen LogP contribution in [0.5, 0.6) is 5.75 Å². The quantitative estimate of drug-likeness (QED) is 0.826. The van der Waals surface area contributed by atoms with E-state index in [4.69, 9.17) is 15.7 Å². The van der Waals surface area contributed by atoms with Gasteiger partial charge in [0.2, 0.25) is 0 Å². The maximum Gasteiger partial charge on any atom is 0.181 e. The van der Waals surface area contributed by atoms with E-state index in [1.807, 2.05) is 19.1 Å². The zero-order chi connectivity index (χ0) is 10.7. The minimum Gasteiger partial charge on any atom is -0.473 e. The number of hydrogen-bond donors (Lipinski definition) is 1.